The van der Waals surface area contributed by atoms with Gasteiger partial charge >= 0.3 is 0 Å². The summed E-state index contributed by atoms with van der Waals surface area (Å²) in [6, 6.07) is 18.3. The van der Waals surface area contributed by atoms with Gasteiger partial charge in [0.1, 0.15) is 6.04 Å². The maximum absolute atomic E-state index is 12.4. The number of carbonyl (C=O) groups excluding carboxylic acids is 1. The minimum atomic E-state index is -0.329. The molecule has 3 N–H and O–H groups in total. The predicted molar refractivity (Wildman–Crippen MR) is 122 cm³/mol. The molecular formula is C23H27BrN4O. The van der Waals surface area contributed by atoms with E-state index in [1.165, 1.54) is 11.1 Å². The summed E-state index contributed by atoms with van der Waals surface area (Å²) in [5, 5.41) is 4.04. The summed E-state index contributed by atoms with van der Waals surface area (Å²) in [5.74, 6) is 0.482. The molecule has 0 saturated carbocycles. The number of halogens is 1. The van der Waals surface area contributed by atoms with Crippen molar-refractivity contribution in [2.45, 2.75) is 38.8 Å². The molecule has 2 aromatic rings. The second-order valence-corrected chi connectivity index (χ2v) is 8.56. The van der Waals surface area contributed by atoms with E-state index in [9.17, 15) is 4.79 Å². The number of nitrogens with zero attached hydrogens (tertiary/aromatic N) is 1. The molecule has 2 atom stereocenters. The fourth-order valence-corrected chi connectivity index (χ4v) is 3.65. The first-order valence-corrected chi connectivity index (χ1v) is 10.7. The van der Waals surface area contributed by atoms with Gasteiger partial charge in [-0.1, -0.05) is 68.4 Å². The van der Waals surface area contributed by atoms with Crippen molar-refractivity contribution in [3.63, 3.8) is 0 Å². The molecule has 5 nitrogen and oxygen atoms in total. The Hall–Kier alpha value is -2.28. The topological polar surface area (TPSA) is 65.5 Å². The molecule has 1 aliphatic heterocycles. The molecule has 29 heavy (non-hydrogen) atoms. The maximum atomic E-state index is 12.4. The molecule has 152 valence electrons. The number of hydrogen-bond donors (Lipinski definition) is 3. The number of nitrogens with one attached hydrogen (secondary N) is 3. The van der Waals surface area contributed by atoms with Gasteiger partial charge in [-0.05, 0) is 57.5 Å². The number of hydrazine groups is 1. The number of hydrazone groups is 1. The van der Waals surface area contributed by atoms with Crippen molar-refractivity contribution in [1.29, 1.82) is 0 Å². The van der Waals surface area contributed by atoms with Crippen LogP contribution in [0, 0.1) is 5.92 Å². The lowest BCUT2D eigenvalue weighted by Gasteiger charge is -2.11. The summed E-state index contributed by atoms with van der Waals surface area (Å²) >= 11 is 3.44. The van der Waals surface area contributed by atoms with Gasteiger partial charge in [0.2, 0.25) is 0 Å². The molecule has 2 unspecified atom stereocenters. The summed E-state index contributed by atoms with van der Waals surface area (Å²) in [6.45, 7) is 4.44. The van der Waals surface area contributed by atoms with Crippen LogP contribution in [0.3, 0.4) is 0 Å². The van der Waals surface area contributed by atoms with E-state index < -0.39 is 0 Å². The molecule has 1 heterocycles. The molecule has 1 saturated heterocycles. The Bertz CT molecular complexity index is 862. The first kappa shape index (κ1) is 21.4. The molecule has 1 amide bonds. The molecule has 3 rings (SSSR count). The highest BCUT2D eigenvalue weighted by Gasteiger charge is 2.29. The first-order chi connectivity index (χ1) is 14.0. The second kappa shape index (κ2) is 10.5. The Morgan fingerprint density at radius 1 is 1.17 bits per heavy atom. The number of hydrogen-bond acceptors (Lipinski definition) is 4. The highest BCUT2D eigenvalue weighted by molar-refractivity contribution is 9.12. The third-order valence-corrected chi connectivity index (χ3v) is 5.15. The first-order valence-electron chi connectivity index (χ1n) is 9.86. The second-order valence-electron chi connectivity index (χ2n) is 7.64. The molecular weight excluding hydrogens is 428 g/mol. The van der Waals surface area contributed by atoms with Crippen molar-refractivity contribution < 1.29 is 4.79 Å². The van der Waals surface area contributed by atoms with E-state index in [0.29, 0.717) is 12.3 Å². The van der Waals surface area contributed by atoms with Crippen LogP contribution in [0.1, 0.15) is 43.0 Å². The van der Waals surface area contributed by atoms with Gasteiger partial charge in [-0.3, -0.25) is 4.79 Å². The zero-order valence-electron chi connectivity index (χ0n) is 16.7. The largest absolute Gasteiger partial charge is 0.271 e. The quantitative estimate of drug-likeness (QED) is 0.430. The van der Waals surface area contributed by atoms with Crippen LogP contribution in [0.15, 0.2) is 64.2 Å². The Balaban J connectivity index is 1.49. The fraction of sp³-hybridized carbons (Fsp3) is 0.304. The number of benzene rings is 2. The summed E-state index contributed by atoms with van der Waals surface area (Å²) in [7, 11) is 0. The monoisotopic (exact) mass is 454 g/mol. The summed E-state index contributed by atoms with van der Waals surface area (Å²) in [5.41, 5.74) is 12.5. The van der Waals surface area contributed by atoms with Crippen LogP contribution in [-0.4, -0.2) is 18.2 Å². The Kier molecular flexibility index (Phi) is 7.75. The van der Waals surface area contributed by atoms with E-state index in [2.05, 4.69) is 75.4 Å². The smallest absolute Gasteiger partial charge is 0.258 e. The minimum Gasteiger partial charge on any atom is -0.271 e. The van der Waals surface area contributed by atoms with Crippen LogP contribution in [0.25, 0.3) is 6.08 Å². The zero-order valence-corrected chi connectivity index (χ0v) is 18.3. The average Bonchev–Trinajstić information content (AvgIpc) is 3.19. The van der Waals surface area contributed by atoms with E-state index in [-0.39, 0.29) is 18.0 Å². The van der Waals surface area contributed by atoms with Gasteiger partial charge in [0.05, 0.1) is 6.21 Å². The van der Waals surface area contributed by atoms with E-state index >= 15 is 0 Å². The number of amides is 1. The Morgan fingerprint density at radius 2 is 1.90 bits per heavy atom. The van der Waals surface area contributed by atoms with Gasteiger partial charge in [-0.2, -0.15) is 5.10 Å². The van der Waals surface area contributed by atoms with Crippen molar-refractivity contribution in [3.8, 4) is 0 Å². The van der Waals surface area contributed by atoms with Gasteiger partial charge in [-0.25, -0.2) is 16.3 Å². The van der Waals surface area contributed by atoms with Crippen molar-refractivity contribution >= 4 is 34.1 Å². The predicted octanol–water partition coefficient (Wildman–Crippen LogP) is 4.33. The molecule has 1 fully saturated rings. The molecule has 1 aliphatic rings. The van der Waals surface area contributed by atoms with Gasteiger partial charge in [0.25, 0.3) is 5.91 Å². The highest BCUT2D eigenvalue weighted by Crippen LogP contribution is 2.23. The van der Waals surface area contributed by atoms with E-state index in [0.717, 1.165) is 16.5 Å². The van der Waals surface area contributed by atoms with Gasteiger partial charge in [-0.15, -0.1) is 0 Å². The lowest BCUT2D eigenvalue weighted by Crippen LogP contribution is -2.41. The van der Waals surface area contributed by atoms with Crippen molar-refractivity contribution in [2.75, 3.05) is 0 Å². The zero-order chi connectivity index (χ0) is 20.6. The Labute approximate surface area is 180 Å². The molecule has 0 radical (unpaired) electrons. The molecule has 0 aliphatic carbocycles. The van der Waals surface area contributed by atoms with Gasteiger partial charge in [0, 0.05) is 10.5 Å². The Morgan fingerprint density at radius 3 is 2.59 bits per heavy atom. The summed E-state index contributed by atoms with van der Waals surface area (Å²) < 4.78 is 0.779. The van der Waals surface area contributed by atoms with E-state index in [4.69, 9.17) is 0 Å². The fourth-order valence-electron chi connectivity index (χ4n) is 3.29. The molecule has 0 bridgehead atoms. The van der Waals surface area contributed by atoms with Crippen molar-refractivity contribution in [2.24, 2.45) is 11.0 Å². The van der Waals surface area contributed by atoms with Crippen molar-refractivity contribution in [1.82, 2.24) is 16.3 Å². The van der Waals surface area contributed by atoms with Crippen LogP contribution >= 0.6 is 15.9 Å². The number of allylic oxidation sites excluding steroid dienone is 1. The molecule has 0 spiro atoms. The van der Waals surface area contributed by atoms with Crippen LogP contribution in [0.5, 0.6) is 0 Å². The third-order valence-electron chi connectivity index (χ3n) is 4.71. The summed E-state index contributed by atoms with van der Waals surface area (Å²) in [4.78, 5) is 12.4. The third kappa shape index (κ3) is 6.63. The SMILES string of the molecule is CC(C)Cc1ccc(C2CC(C(=O)N/N=C/C(Br)=C/c3ccccc3)NN2)cc1. The van der Waals surface area contributed by atoms with Crippen LogP contribution in [-0.2, 0) is 11.2 Å². The highest BCUT2D eigenvalue weighted by atomic mass is 79.9. The lowest BCUT2D eigenvalue weighted by atomic mass is 9.97. The van der Waals surface area contributed by atoms with E-state index in [1.807, 2.05) is 36.4 Å². The van der Waals surface area contributed by atoms with Crippen LogP contribution in [0.2, 0.25) is 0 Å². The molecule has 6 heteroatoms. The molecule has 2 aromatic carbocycles. The van der Waals surface area contributed by atoms with Gasteiger partial charge in [0.15, 0.2) is 0 Å². The van der Waals surface area contributed by atoms with E-state index in [1.54, 1.807) is 6.21 Å². The minimum absolute atomic E-state index is 0.104. The maximum Gasteiger partial charge on any atom is 0.258 e. The van der Waals surface area contributed by atoms with Crippen molar-refractivity contribution in [3.05, 3.63) is 75.8 Å². The van der Waals surface area contributed by atoms with Crippen LogP contribution in [0.4, 0.5) is 0 Å². The number of carbonyl (C=O) groups is 1. The average molecular weight is 455 g/mol. The summed E-state index contributed by atoms with van der Waals surface area (Å²) in [6.07, 6.45) is 5.27. The number of rotatable bonds is 7. The standard InChI is InChI=1S/C23H27BrN4O/c1-16(2)12-18-8-10-19(11-9-18)21-14-22(27-26-21)23(29)28-25-15-20(24)13-17-6-4-3-5-7-17/h3-11,13,15-16,21-22,26-27H,12,14H2,1-2H3,(H,28,29)/b20-13-,25-15+. The van der Waals surface area contributed by atoms with Crippen LogP contribution < -0.4 is 16.3 Å². The molecule has 0 aromatic heterocycles. The lowest BCUT2D eigenvalue weighted by molar-refractivity contribution is -0.122. The van der Waals surface area contributed by atoms with Gasteiger partial charge < -0.3 is 0 Å². The normalized spacial score (nSPS) is 19.8.